The van der Waals surface area contributed by atoms with Crippen LogP contribution in [0.3, 0.4) is 0 Å². The van der Waals surface area contributed by atoms with Crippen LogP contribution in [-0.4, -0.2) is 23.8 Å². The van der Waals surface area contributed by atoms with E-state index < -0.39 is 4.92 Å². The Bertz CT molecular complexity index is 467. The Hall–Kier alpha value is -1.80. The van der Waals surface area contributed by atoms with Crippen LogP contribution in [0.1, 0.15) is 12.0 Å². The average molecular weight is 285 g/mol. The highest BCUT2D eigenvalue weighted by Crippen LogP contribution is 2.30. The Balaban J connectivity index is 2.65. The fourth-order valence-electron chi connectivity index (χ4n) is 1.47. The number of nitrogens with two attached hydrogens (primary N) is 1. The molecule has 0 amide bonds. The summed E-state index contributed by atoms with van der Waals surface area (Å²) in [6, 6.07) is 4.75. The number of carbonyl (C=O) groups excluding carboxylic acids is 1. The van der Waals surface area contributed by atoms with Gasteiger partial charge in [0.25, 0.3) is 5.69 Å². The number of para-hydroxylation sites is 1. The number of nitrogens with zero attached hydrogens (tertiary/aromatic N) is 1. The van der Waals surface area contributed by atoms with Crippen molar-refractivity contribution in [1.29, 1.82) is 0 Å². The van der Waals surface area contributed by atoms with Gasteiger partial charge in [0.2, 0.25) is 0 Å². The molecule has 0 aromatic heterocycles. The van der Waals surface area contributed by atoms with E-state index in [1.807, 2.05) is 0 Å². The Kier molecular flexibility index (Phi) is 6.10. The molecule has 7 nitrogen and oxygen atoms in total. The molecular formula is C11H15N3O4S. The summed E-state index contributed by atoms with van der Waals surface area (Å²) in [4.78, 5) is 21.3. The highest BCUT2D eigenvalue weighted by atomic mass is 32.2. The summed E-state index contributed by atoms with van der Waals surface area (Å²) in [5.74, 6) is 6.16. The lowest BCUT2D eigenvalue weighted by atomic mass is 10.2. The molecule has 0 radical (unpaired) electrons. The molecule has 0 saturated heterocycles. The summed E-state index contributed by atoms with van der Waals surface area (Å²) in [7, 11) is 1.34. The van der Waals surface area contributed by atoms with Crippen LogP contribution in [0.4, 0.5) is 11.4 Å². The number of benzene rings is 1. The first kappa shape index (κ1) is 15.3. The molecule has 1 aromatic rings. The van der Waals surface area contributed by atoms with E-state index in [-0.39, 0.29) is 11.7 Å². The zero-order chi connectivity index (χ0) is 14.3. The molecule has 0 aliphatic heterocycles. The van der Waals surface area contributed by atoms with Crippen molar-refractivity contribution in [3.63, 3.8) is 0 Å². The van der Waals surface area contributed by atoms with Crippen LogP contribution in [0.2, 0.25) is 0 Å². The number of nitrogens with one attached hydrogen (secondary N) is 1. The minimum Gasteiger partial charge on any atom is -0.469 e. The van der Waals surface area contributed by atoms with Gasteiger partial charge in [-0.2, -0.15) is 11.8 Å². The number of esters is 1. The maximum atomic E-state index is 10.9. The van der Waals surface area contributed by atoms with Gasteiger partial charge in [-0.1, -0.05) is 12.1 Å². The van der Waals surface area contributed by atoms with Crippen molar-refractivity contribution in [3.8, 4) is 0 Å². The van der Waals surface area contributed by atoms with Crippen molar-refractivity contribution in [2.45, 2.75) is 12.2 Å². The van der Waals surface area contributed by atoms with Gasteiger partial charge in [-0.05, 0) is 5.56 Å². The van der Waals surface area contributed by atoms with Crippen LogP contribution in [0.25, 0.3) is 0 Å². The van der Waals surface area contributed by atoms with Crippen molar-refractivity contribution in [2.24, 2.45) is 5.84 Å². The number of nitro benzene ring substituents is 1. The summed E-state index contributed by atoms with van der Waals surface area (Å²) < 4.78 is 4.52. The predicted molar refractivity (Wildman–Crippen MR) is 73.7 cm³/mol. The second kappa shape index (κ2) is 7.59. The largest absolute Gasteiger partial charge is 0.469 e. The van der Waals surface area contributed by atoms with Crippen molar-refractivity contribution < 1.29 is 14.5 Å². The van der Waals surface area contributed by atoms with Crippen LogP contribution in [0.5, 0.6) is 0 Å². The summed E-state index contributed by atoms with van der Waals surface area (Å²) in [6.45, 7) is 0. The van der Waals surface area contributed by atoms with E-state index >= 15 is 0 Å². The Labute approximate surface area is 114 Å². The van der Waals surface area contributed by atoms with Gasteiger partial charge >= 0.3 is 5.97 Å². The first-order valence-corrected chi connectivity index (χ1v) is 6.63. The van der Waals surface area contributed by atoms with Crippen LogP contribution >= 0.6 is 11.8 Å². The molecule has 0 bridgehead atoms. The third kappa shape index (κ3) is 4.42. The quantitative estimate of drug-likeness (QED) is 0.258. The first-order valence-electron chi connectivity index (χ1n) is 5.47. The molecule has 0 aliphatic rings. The molecule has 0 fully saturated rings. The minimum atomic E-state index is -0.488. The number of methoxy groups -OCH3 is 1. The Morgan fingerprint density at radius 3 is 2.89 bits per heavy atom. The van der Waals surface area contributed by atoms with Crippen LogP contribution in [-0.2, 0) is 15.3 Å². The normalized spacial score (nSPS) is 10.0. The molecule has 0 spiro atoms. The van der Waals surface area contributed by atoms with Gasteiger partial charge in [0, 0.05) is 17.6 Å². The highest BCUT2D eigenvalue weighted by molar-refractivity contribution is 7.98. The van der Waals surface area contributed by atoms with Gasteiger partial charge in [-0.25, -0.2) is 0 Å². The number of rotatable bonds is 7. The van der Waals surface area contributed by atoms with Crippen LogP contribution in [0.15, 0.2) is 18.2 Å². The number of thioether (sulfide) groups is 1. The number of hydrazine groups is 1. The molecule has 104 valence electrons. The van der Waals surface area contributed by atoms with E-state index in [0.717, 1.165) is 5.56 Å². The lowest BCUT2D eigenvalue weighted by Gasteiger charge is -2.08. The predicted octanol–water partition coefficient (Wildman–Crippen LogP) is 1.68. The number of carbonyl (C=O) groups is 1. The SMILES string of the molecule is COC(=O)CCSCc1cccc([N+](=O)[O-])c1NN. The molecule has 19 heavy (non-hydrogen) atoms. The van der Waals surface area contributed by atoms with Crippen molar-refractivity contribution in [3.05, 3.63) is 33.9 Å². The molecule has 0 aliphatic carbocycles. The van der Waals surface area contributed by atoms with Crippen LogP contribution in [0, 0.1) is 10.1 Å². The van der Waals surface area contributed by atoms with Gasteiger partial charge in [0.15, 0.2) is 0 Å². The molecule has 0 heterocycles. The van der Waals surface area contributed by atoms with E-state index in [4.69, 9.17) is 5.84 Å². The molecule has 1 aromatic carbocycles. The van der Waals surface area contributed by atoms with Gasteiger partial charge in [-0.3, -0.25) is 20.8 Å². The summed E-state index contributed by atoms with van der Waals surface area (Å²) in [5.41, 5.74) is 3.33. The first-order chi connectivity index (χ1) is 9.10. The fourth-order valence-corrected chi connectivity index (χ4v) is 2.38. The second-order valence-corrected chi connectivity index (χ2v) is 4.70. The fraction of sp³-hybridized carbons (Fsp3) is 0.364. The standard InChI is InChI=1S/C11H15N3O4S/c1-18-10(15)5-6-19-7-8-3-2-4-9(14(16)17)11(8)13-12/h2-4,13H,5-7,12H2,1H3. The number of nitrogen functional groups attached to an aromatic ring is 1. The average Bonchev–Trinajstić information content (AvgIpc) is 2.42. The van der Waals surface area contributed by atoms with E-state index in [0.29, 0.717) is 23.6 Å². The van der Waals surface area contributed by atoms with Gasteiger partial charge in [0.1, 0.15) is 5.69 Å². The molecule has 3 N–H and O–H groups in total. The lowest BCUT2D eigenvalue weighted by molar-refractivity contribution is -0.384. The number of hydrogen-bond donors (Lipinski definition) is 2. The van der Waals surface area contributed by atoms with E-state index in [9.17, 15) is 14.9 Å². The summed E-state index contributed by atoms with van der Waals surface area (Å²) >= 11 is 1.48. The topological polar surface area (TPSA) is 107 Å². The van der Waals surface area contributed by atoms with Gasteiger partial charge in [-0.15, -0.1) is 0 Å². The minimum absolute atomic E-state index is 0.0615. The van der Waals surface area contributed by atoms with Crippen LogP contribution < -0.4 is 11.3 Å². The van der Waals surface area contributed by atoms with Gasteiger partial charge < -0.3 is 10.2 Å². The maximum absolute atomic E-state index is 10.9. The molecule has 8 heteroatoms. The van der Waals surface area contributed by atoms with E-state index in [1.165, 1.54) is 24.9 Å². The molecular weight excluding hydrogens is 270 g/mol. The highest BCUT2D eigenvalue weighted by Gasteiger charge is 2.16. The zero-order valence-electron chi connectivity index (χ0n) is 10.4. The zero-order valence-corrected chi connectivity index (χ0v) is 11.2. The van der Waals surface area contributed by atoms with E-state index in [2.05, 4.69) is 10.2 Å². The Morgan fingerprint density at radius 2 is 2.32 bits per heavy atom. The monoisotopic (exact) mass is 285 g/mol. The second-order valence-electron chi connectivity index (χ2n) is 3.59. The van der Waals surface area contributed by atoms with Gasteiger partial charge in [0.05, 0.1) is 18.5 Å². The molecule has 0 saturated carbocycles. The third-order valence-electron chi connectivity index (χ3n) is 2.41. The lowest BCUT2D eigenvalue weighted by Crippen LogP contribution is -2.11. The summed E-state index contributed by atoms with van der Waals surface area (Å²) in [6.07, 6.45) is 0.307. The molecule has 0 atom stereocenters. The molecule has 1 rings (SSSR count). The third-order valence-corrected chi connectivity index (χ3v) is 3.41. The molecule has 0 unspecified atom stereocenters. The number of hydrogen-bond acceptors (Lipinski definition) is 7. The number of ether oxygens (including phenoxy) is 1. The van der Waals surface area contributed by atoms with Crippen molar-refractivity contribution in [2.75, 3.05) is 18.3 Å². The van der Waals surface area contributed by atoms with Crippen molar-refractivity contribution in [1.82, 2.24) is 0 Å². The van der Waals surface area contributed by atoms with Crippen molar-refractivity contribution >= 4 is 29.1 Å². The van der Waals surface area contributed by atoms with E-state index in [1.54, 1.807) is 12.1 Å². The number of anilines is 1. The Morgan fingerprint density at radius 1 is 1.58 bits per heavy atom. The smallest absolute Gasteiger partial charge is 0.306 e. The number of nitro groups is 1. The maximum Gasteiger partial charge on any atom is 0.306 e. The summed E-state index contributed by atoms with van der Waals surface area (Å²) in [5, 5.41) is 10.8.